The van der Waals surface area contributed by atoms with Crippen LogP contribution in [0.4, 0.5) is 4.79 Å². The maximum Gasteiger partial charge on any atom is 0.414 e. The Hall–Kier alpha value is -1.32. The molecular formula is C10H13NO3. The highest BCUT2D eigenvalue weighted by molar-refractivity contribution is 6.00. The van der Waals surface area contributed by atoms with Crippen LogP contribution in [0, 0.1) is 11.8 Å². The molecule has 0 saturated carbocycles. The van der Waals surface area contributed by atoms with Crippen molar-refractivity contribution < 1.29 is 14.3 Å². The van der Waals surface area contributed by atoms with Gasteiger partial charge in [-0.25, -0.2) is 4.79 Å². The first-order valence-corrected chi connectivity index (χ1v) is 4.85. The summed E-state index contributed by atoms with van der Waals surface area (Å²) in [6.07, 6.45) is 4.72. The normalized spacial score (nSPS) is 36.8. The molecule has 1 aliphatic carbocycles. The van der Waals surface area contributed by atoms with E-state index >= 15 is 0 Å². The Morgan fingerprint density at radius 3 is 2.86 bits per heavy atom. The van der Waals surface area contributed by atoms with E-state index in [0.717, 1.165) is 12.8 Å². The lowest BCUT2D eigenvalue weighted by molar-refractivity contribution is -0.125. The van der Waals surface area contributed by atoms with Gasteiger partial charge in [0.2, 0.25) is 0 Å². The molecular weight excluding hydrogens is 182 g/mol. The molecule has 2 amide bonds. The Morgan fingerprint density at radius 2 is 2.29 bits per heavy atom. The molecule has 1 N–H and O–H groups in total. The summed E-state index contributed by atoms with van der Waals surface area (Å²) in [5.41, 5.74) is 0. The van der Waals surface area contributed by atoms with Gasteiger partial charge in [-0.3, -0.25) is 10.1 Å². The van der Waals surface area contributed by atoms with Crippen molar-refractivity contribution in [3.63, 3.8) is 0 Å². The summed E-state index contributed by atoms with van der Waals surface area (Å²) in [7, 11) is 0. The molecule has 1 aliphatic heterocycles. The summed E-state index contributed by atoms with van der Waals surface area (Å²) in [6, 6.07) is 0. The molecule has 76 valence electrons. The van der Waals surface area contributed by atoms with Crippen molar-refractivity contribution >= 4 is 12.0 Å². The Morgan fingerprint density at radius 1 is 1.50 bits per heavy atom. The topological polar surface area (TPSA) is 55.4 Å². The van der Waals surface area contributed by atoms with Gasteiger partial charge in [0.15, 0.2) is 6.10 Å². The molecule has 2 rings (SSSR count). The zero-order valence-electron chi connectivity index (χ0n) is 8.03. The largest absolute Gasteiger partial charge is 0.435 e. The van der Waals surface area contributed by atoms with Crippen molar-refractivity contribution in [3.8, 4) is 0 Å². The van der Waals surface area contributed by atoms with Crippen molar-refractivity contribution in [2.75, 3.05) is 0 Å². The van der Waals surface area contributed by atoms with Gasteiger partial charge in [0.1, 0.15) is 0 Å². The Bertz CT molecular complexity index is 298. The van der Waals surface area contributed by atoms with E-state index in [2.05, 4.69) is 24.4 Å². The SMILES string of the molecule is CC1C=CCC(C2OC(=O)NC2=O)C1. The highest BCUT2D eigenvalue weighted by Gasteiger charge is 2.39. The van der Waals surface area contributed by atoms with E-state index in [0.29, 0.717) is 5.92 Å². The van der Waals surface area contributed by atoms with Crippen LogP contribution in [0.1, 0.15) is 19.8 Å². The van der Waals surface area contributed by atoms with E-state index in [1.54, 1.807) is 0 Å². The number of carbonyl (C=O) groups is 2. The van der Waals surface area contributed by atoms with Gasteiger partial charge in [-0.1, -0.05) is 19.1 Å². The van der Waals surface area contributed by atoms with Crippen LogP contribution in [-0.4, -0.2) is 18.1 Å². The quantitative estimate of drug-likeness (QED) is 0.640. The minimum absolute atomic E-state index is 0.140. The highest BCUT2D eigenvalue weighted by Crippen LogP contribution is 2.28. The predicted octanol–water partition coefficient (Wildman–Crippen LogP) is 1.22. The zero-order valence-corrected chi connectivity index (χ0v) is 8.03. The molecule has 3 unspecified atom stereocenters. The summed E-state index contributed by atoms with van der Waals surface area (Å²) in [5.74, 6) is 0.310. The first-order chi connectivity index (χ1) is 6.66. The molecule has 0 aromatic carbocycles. The average Bonchev–Trinajstić information content (AvgIpc) is 2.45. The number of hydrogen-bond donors (Lipinski definition) is 1. The third kappa shape index (κ3) is 1.64. The van der Waals surface area contributed by atoms with Gasteiger partial charge < -0.3 is 4.74 Å². The van der Waals surface area contributed by atoms with Gasteiger partial charge >= 0.3 is 6.09 Å². The van der Waals surface area contributed by atoms with Crippen molar-refractivity contribution in [2.24, 2.45) is 11.8 Å². The van der Waals surface area contributed by atoms with Crippen LogP contribution in [-0.2, 0) is 9.53 Å². The molecule has 4 heteroatoms. The highest BCUT2D eigenvalue weighted by atomic mass is 16.6. The number of amides is 2. The number of ether oxygens (including phenoxy) is 1. The summed E-state index contributed by atoms with van der Waals surface area (Å²) in [4.78, 5) is 22.1. The second-order valence-corrected chi connectivity index (χ2v) is 3.95. The van der Waals surface area contributed by atoms with Crippen LogP contribution in [0.3, 0.4) is 0 Å². The monoisotopic (exact) mass is 195 g/mol. The lowest BCUT2D eigenvalue weighted by atomic mass is 9.84. The van der Waals surface area contributed by atoms with Gasteiger partial charge in [-0.05, 0) is 18.8 Å². The second kappa shape index (κ2) is 3.44. The van der Waals surface area contributed by atoms with Gasteiger partial charge in [-0.2, -0.15) is 0 Å². The molecule has 14 heavy (non-hydrogen) atoms. The molecule has 0 aromatic rings. The first-order valence-electron chi connectivity index (χ1n) is 4.85. The second-order valence-electron chi connectivity index (χ2n) is 3.95. The number of cyclic esters (lactones) is 1. The van der Waals surface area contributed by atoms with Crippen LogP contribution >= 0.6 is 0 Å². The number of nitrogens with one attached hydrogen (secondary N) is 1. The molecule has 1 heterocycles. The maximum atomic E-state index is 11.3. The lowest BCUT2D eigenvalue weighted by Crippen LogP contribution is -2.32. The van der Waals surface area contributed by atoms with E-state index in [-0.39, 0.29) is 11.8 Å². The van der Waals surface area contributed by atoms with E-state index < -0.39 is 12.2 Å². The molecule has 0 bridgehead atoms. The molecule has 0 spiro atoms. The van der Waals surface area contributed by atoms with Crippen LogP contribution in [0.25, 0.3) is 0 Å². The molecule has 1 saturated heterocycles. The number of allylic oxidation sites excluding steroid dienone is 2. The van der Waals surface area contributed by atoms with E-state index in [9.17, 15) is 9.59 Å². The fraction of sp³-hybridized carbons (Fsp3) is 0.600. The molecule has 0 radical (unpaired) electrons. The minimum atomic E-state index is -0.609. The van der Waals surface area contributed by atoms with Gasteiger partial charge in [0, 0.05) is 5.92 Å². The van der Waals surface area contributed by atoms with Crippen LogP contribution in [0.15, 0.2) is 12.2 Å². The summed E-state index contributed by atoms with van der Waals surface area (Å²) in [5, 5.41) is 2.15. The van der Waals surface area contributed by atoms with E-state index in [4.69, 9.17) is 4.74 Å². The minimum Gasteiger partial charge on any atom is -0.435 e. The summed E-state index contributed by atoms with van der Waals surface area (Å²) in [6.45, 7) is 2.09. The maximum absolute atomic E-state index is 11.3. The van der Waals surface area contributed by atoms with E-state index in [1.165, 1.54) is 0 Å². The zero-order chi connectivity index (χ0) is 10.1. The third-order valence-corrected chi connectivity index (χ3v) is 2.72. The first kappa shape index (κ1) is 9.24. The number of imide groups is 1. The van der Waals surface area contributed by atoms with Gasteiger partial charge in [0.05, 0.1) is 0 Å². The molecule has 0 aromatic heterocycles. The number of carbonyl (C=O) groups excluding carboxylic acids is 2. The van der Waals surface area contributed by atoms with Crippen LogP contribution < -0.4 is 5.32 Å². The summed E-state index contributed by atoms with van der Waals surface area (Å²) < 4.78 is 4.93. The molecule has 4 nitrogen and oxygen atoms in total. The Labute approximate surface area is 82.3 Å². The van der Waals surface area contributed by atoms with Crippen molar-refractivity contribution in [3.05, 3.63) is 12.2 Å². The van der Waals surface area contributed by atoms with Crippen molar-refractivity contribution in [1.82, 2.24) is 5.32 Å². The third-order valence-electron chi connectivity index (χ3n) is 2.72. The van der Waals surface area contributed by atoms with Gasteiger partial charge in [0.25, 0.3) is 5.91 Å². The number of rotatable bonds is 1. The predicted molar refractivity (Wildman–Crippen MR) is 49.4 cm³/mol. The smallest absolute Gasteiger partial charge is 0.414 e. The van der Waals surface area contributed by atoms with Gasteiger partial charge in [-0.15, -0.1) is 0 Å². The standard InChI is InChI=1S/C10H13NO3/c1-6-3-2-4-7(5-6)8-9(12)11-10(13)14-8/h2-3,6-8H,4-5H2,1H3,(H,11,12,13). The lowest BCUT2D eigenvalue weighted by Gasteiger charge is -2.24. The number of hydrogen-bond acceptors (Lipinski definition) is 3. The Kier molecular flexibility index (Phi) is 2.27. The van der Waals surface area contributed by atoms with E-state index in [1.807, 2.05) is 0 Å². The van der Waals surface area contributed by atoms with Crippen molar-refractivity contribution in [2.45, 2.75) is 25.9 Å². The van der Waals surface area contributed by atoms with Crippen molar-refractivity contribution in [1.29, 1.82) is 0 Å². The fourth-order valence-electron chi connectivity index (χ4n) is 2.07. The summed E-state index contributed by atoms with van der Waals surface area (Å²) >= 11 is 0. The van der Waals surface area contributed by atoms with Crippen LogP contribution in [0.5, 0.6) is 0 Å². The fourth-order valence-corrected chi connectivity index (χ4v) is 2.07. The molecule has 2 aliphatic rings. The Balaban J connectivity index is 2.05. The average molecular weight is 195 g/mol. The number of alkyl carbamates (subject to hydrolysis) is 1. The molecule has 3 atom stereocenters. The van der Waals surface area contributed by atoms with Crippen LogP contribution in [0.2, 0.25) is 0 Å². The molecule has 1 fully saturated rings.